The second-order valence-electron chi connectivity index (χ2n) is 9.15. The maximum absolute atomic E-state index is 12.3. The second-order valence-corrected chi connectivity index (χ2v) is 9.15. The highest BCUT2D eigenvalue weighted by Crippen LogP contribution is 2.46. The van der Waals surface area contributed by atoms with E-state index in [9.17, 15) is 9.90 Å². The number of aromatic nitrogens is 2. The Labute approximate surface area is 155 Å². The lowest BCUT2D eigenvalue weighted by atomic mass is 9.81. The molecule has 1 N–H and O–H groups in total. The molecule has 2 atom stereocenters. The van der Waals surface area contributed by atoms with E-state index in [0.29, 0.717) is 18.5 Å². The Hall–Kier alpha value is -1.40. The number of rotatable bonds is 5. The third kappa shape index (κ3) is 2.61. The monoisotopic (exact) mass is 358 g/mol. The van der Waals surface area contributed by atoms with Gasteiger partial charge in [0.25, 0.3) is 0 Å². The summed E-state index contributed by atoms with van der Waals surface area (Å²) in [4.78, 5) is 17.2. The van der Waals surface area contributed by atoms with Gasteiger partial charge in [-0.1, -0.05) is 12.8 Å². The van der Waals surface area contributed by atoms with Crippen LogP contribution in [0.4, 0.5) is 0 Å². The summed E-state index contributed by atoms with van der Waals surface area (Å²) >= 11 is 0. The largest absolute Gasteiger partial charge is 0.481 e. The number of aliphatic carboxylic acids is 1. The van der Waals surface area contributed by atoms with Crippen LogP contribution in [0.15, 0.2) is 6.20 Å². The van der Waals surface area contributed by atoms with Gasteiger partial charge < -0.3 is 5.11 Å². The van der Waals surface area contributed by atoms with Crippen LogP contribution in [0.1, 0.15) is 55.7 Å². The van der Waals surface area contributed by atoms with Gasteiger partial charge in [-0.15, -0.1) is 0 Å². The molecule has 2 aliphatic carbocycles. The molecule has 0 amide bonds. The molecule has 142 valence electrons. The quantitative estimate of drug-likeness (QED) is 0.873. The minimum atomic E-state index is -0.584. The van der Waals surface area contributed by atoms with Crippen molar-refractivity contribution in [1.29, 1.82) is 0 Å². The molecule has 6 nitrogen and oxygen atoms in total. The van der Waals surface area contributed by atoms with Gasteiger partial charge in [0.2, 0.25) is 0 Å². The van der Waals surface area contributed by atoms with E-state index in [0.717, 1.165) is 26.2 Å². The van der Waals surface area contributed by atoms with E-state index in [1.165, 1.54) is 49.8 Å². The summed E-state index contributed by atoms with van der Waals surface area (Å²) in [6.07, 6.45) is 9.67. The molecule has 0 radical (unpaired) electrons. The van der Waals surface area contributed by atoms with Crippen molar-refractivity contribution in [3.63, 3.8) is 0 Å². The van der Waals surface area contributed by atoms with Crippen molar-refractivity contribution >= 4 is 5.97 Å². The zero-order valence-corrected chi connectivity index (χ0v) is 15.7. The van der Waals surface area contributed by atoms with E-state index in [1.54, 1.807) is 0 Å². The Bertz CT molecular complexity index is 707. The highest BCUT2D eigenvalue weighted by atomic mass is 16.4. The molecule has 0 aromatic carbocycles. The third-order valence-corrected chi connectivity index (χ3v) is 7.40. The number of hydrogen-bond donors (Lipinski definition) is 1. The zero-order valence-electron chi connectivity index (χ0n) is 15.7. The standard InChI is InChI=1S/C20H30N4O2/c1-22-18(14-6-7-14)15(8-21-22)9-23-10-16-11-24(17-4-2-3-5-17)13-20(16,12-23)19(25)26/h8,14,16-17H,2-7,9-13H2,1H3,(H,25,26)/t16-,20-/m1/s1. The number of carboxylic acids is 1. The molecule has 1 aromatic heterocycles. The molecule has 4 aliphatic rings. The number of carboxylic acid groups (broad SMARTS) is 1. The maximum atomic E-state index is 12.3. The number of aryl methyl sites for hydroxylation is 1. The summed E-state index contributed by atoms with van der Waals surface area (Å²) < 4.78 is 2.03. The highest BCUT2D eigenvalue weighted by Gasteiger charge is 2.58. The Morgan fingerprint density at radius 2 is 2.00 bits per heavy atom. The fourth-order valence-electron chi connectivity index (χ4n) is 5.92. The Morgan fingerprint density at radius 3 is 2.65 bits per heavy atom. The average Bonchev–Trinajstić information content (AvgIpc) is 2.98. The van der Waals surface area contributed by atoms with Gasteiger partial charge in [0.05, 0.1) is 11.6 Å². The summed E-state index contributed by atoms with van der Waals surface area (Å²) in [5.74, 6) is 0.353. The number of hydrogen-bond acceptors (Lipinski definition) is 4. The number of carbonyl (C=O) groups is 1. The summed E-state index contributed by atoms with van der Waals surface area (Å²) in [5.41, 5.74) is 2.12. The molecule has 2 aliphatic heterocycles. The van der Waals surface area contributed by atoms with Crippen molar-refractivity contribution in [3.8, 4) is 0 Å². The van der Waals surface area contributed by atoms with Crippen molar-refractivity contribution < 1.29 is 9.90 Å². The van der Waals surface area contributed by atoms with Gasteiger partial charge in [-0.05, 0) is 25.7 Å². The molecule has 1 aromatic rings. The lowest BCUT2D eigenvalue weighted by molar-refractivity contribution is -0.149. The topological polar surface area (TPSA) is 61.6 Å². The molecule has 0 unspecified atom stereocenters. The van der Waals surface area contributed by atoms with Crippen molar-refractivity contribution in [3.05, 3.63) is 17.5 Å². The van der Waals surface area contributed by atoms with Gasteiger partial charge in [0.1, 0.15) is 0 Å². The zero-order chi connectivity index (χ0) is 17.9. The van der Waals surface area contributed by atoms with E-state index >= 15 is 0 Å². The minimum Gasteiger partial charge on any atom is -0.481 e. The van der Waals surface area contributed by atoms with Gasteiger partial charge in [0.15, 0.2) is 0 Å². The minimum absolute atomic E-state index is 0.265. The first-order chi connectivity index (χ1) is 12.6. The van der Waals surface area contributed by atoms with E-state index < -0.39 is 11.4 Å². The van der Waals surface area contributed by atoms with Crippen LogP contribution in [0.25, 0.3) is 0 Å². The Morgan fingerprint density at radius 1 is 1.23 bits per heavy atom. The smallest absolute Gasteiger partial charge is 0.312 e. The van der Waals surface area contributed by atoms with Crippen molar-refractivity contribution in [2.75, 3.05) is 26.2 Å². The molecule has 26 heavy (non-hydrogen) atoms. The van der Waals surface area contributed by atoms with Gasteiger partial charge in [-0.25, -0.2) is 0 Å². The van der Waals surface area contributed by atoms with Gasteiger partial charge in [-0.3, -0.25) is 19.3 Å². The summed E-state index contributed by atoms with van der Waals surface area (Å²) in [6, 6.07) is 0.630. The summed E-state index contributed by atoms with van der Waals surface area (Å²) in [7, 11) is 2.04. The summed E-state index contributed by atoms with van der Waals surface area (Å²) in [6.45, 7) is 4.17. The lowest BCUT2D eigenvalue weighted by Crippen LogP contribution is -2.42. The predicted octanol–water partition coefficient (Wildman–Crippen LogP) is 2.06. The van der Waals surface area contributed by atoms with Gasteiger partial charge >= 0.3 is 5.97 Å². The van der Waals surface area contributed by atoms with E-state index in [1.807, 2.05) is 17.9 Å². The fraction of sp³-hybridized carbons (Fsp3) is 0.800. The van der Waals surface area contributed by atoms with Crippen molar-refractivity contribution in [1.82, 2.24) is 19.6 Å². The van der Waals surface area contributed by atoms with Crippen LogP contribution < -0.4 is 0 Å². The normalized spacial score (nSPS) is 33.2. The van der Waals surface area contributed by atoms with E-state index in [4.69, 9.17) is 0 Å². The maximum Gasteiger partial charge on any atom is 0.312 e. The van der Waals surface area contributed by atoms with Crippen LogP contribution in [0.2, 0.25) is 0 Å². The number of fused-ring (bicyclic) bond motifs is 1. The van der Waals surface area contributed by atoms with Crippen LogP contribution in [-0.2, 0) is 18.4 Å². The average molecular weight is 358 g/mol. The molecule has 4 fully saturated rings. The molecule has 0 bridgehead atoms. The number of likely N-dealkylation sites (tertiary alicyclic amines) is 2. The van der Waals surface area contributed by atoms with E-state index in [-0.39, 0.29) is 5.92 Å². The molecule has 3 heterocycles. The first kappa shape index (κ1) is 16.8. The number of nitrogens with zero attached hydrogens (tertiary/aromatic N) is 4. The molecular formula is C20H30N4O2. The van der Waals surface area contributed by atoms with Crippen LogP contribution in [-0.4, -0.2) is 62.9 Å². The lowest BCUT2D eigenvalue weighted by Gasteiger charge is -2.28. The van der Waals surface area contributed by atoms with Crippen LogP contribution in [0.3, 0.4) is 0 Å². The first-order valence-electron chi connectivity index (χ1n) is 10.3. The third-order valence-electron chi connectivity index (χ3n) is 7.40. The summed E-state index contributed by atoms with van der Waals surface area (Å²) in [5, 5.41) is 14.6. The predicted molar refractivity (Wildman–Crippen MR) is 97.8 cm³/mol. The molecule has 5 rings (SSSR count). The Kier molecular flexibility index (Phi) is 3.90. The second kappa shape index (κ2) is 6.06. The Balaban J connectivity index is 1.32. The van der Waals surface area contributed by atoms with Crippen molar-refractivity contribution in [2.45, 2.75) is 57.0 Å². The fourth-order valence-corrected chi connectivity index (χ4v) is 5.92. The molecular weight excluding hydrogens is 328 g/mol. The van der Waals surface area contributed by atoms with Gasteiger partial charge in [0, 0.05) is 68.9 Å². The van der Waals surface area contributed by atoms with Crippen LogP contribution >= 0.6 is 0 Å². The molecule has 6 heteroatoms. The first-order valence-corrected chi connectivity index (χ1v) is 10.3. The van der Waals surface area contributed by atoms with Crippen LogP contribution in [0, 0.1) is 11.3 Å². The molecule has 0 spiro atoms. The van der Waals surface area contributed by atoms with Crippen LogP contribution in [0.5, 0.6) is 0 Å². The van der Waals surface area contributed by atoms with E-state index in [2.05, 4.69) is 14.9 Å². The highest BCUT2D eigenvalue weighted by molar-refractivity contribution is 5.77. The SMILES string of the molecule is Cn1ncc(CN2C[C@@H]3CN(C4CCCC4)C[C@]3(C(=O)O)C2)c1C1CC1. The van der Waals surface area contributed by atoms with Crippen molar-refractivity contribution in [2.24, 2.45) is 18.4 Å². The molecule has 2 saturated carbocycles. The molecule has 2 saturated heterocycles. The van der Waals surface area contributed by atoms with Gasteiger partial charge in [-0.2, -0.15) is 5.10 Å².